The summed E-state index contributed by atoms with van der Waals surface area (Å²) in [6.07, 6.45) is 0.0271. The van der Waals surface area contributed by atoms with E-state index in [0.717, 1.165) is 41.9 Å². The molecule has 1 aliphatic rings. The van der Waals surface area contributed by atoms with E-state index in [-0.39, 0.29) is 6.42 Å². The van der Waals surface area contributed by atoms with E-state index < -0.39 is 5.97 Å². The Morgan fingerprint density at radius 3 is 2.45 bits per heavy atom. The van der Waals surface area contributed by atoms with E-state index in [4.69, 9.17) is 0 Å². The number of hydrogen-bond acceptors (Lipinski definition) is 3. The van der Waals surface area contributed by atoms with Gasteiger partial charge in [0.05, 0.1) is 17.6 Å². The van der Waals surface area contributed by atoms with Gasteiger partial charge in [-0.15, -0.1) is 0 Å². The molecule has 5 heteroatoms. The first-order chi connectivity index (χ1) is 14.7. The first-order valence-corrected chi connectivity index (χ1v) is 11.0. The second kappa shape index (κ2) is 8.04. The highest BCUT2D eigenvalue weighted by atomic mass is 16.4. The maximum absolute atomic E-state index is 11.9. The molecule has 0 aliphatic carbocycles. The number of anilines is 1. The number of aromatic nitrogens is 1. The molecular formula is C26H33N3O2. The normalized spacial score (nSPS) is 15.8. The summed E-state index contributed by atoms with van der Waals surface area (Å²) in [5, 5.41) is 10.9. The van der Waals surface area contributed by atoms with Crippen LogP contribution in [0.4, 0.5) is 5.69 Å². The Bertz CT molecular complexity index is 1140. The van der Waals surface area contributed by atoms with Crippen molar-refractivity contribution in [2.45, 2.75) is 40.2 Å². The molecule has 0 saturated heterocycles. The van der Waals surface area contributed by atoms with Gasteiger partial charge in [0.15, 0.2) is 0 Å². The molecule has 1 unspecified atom stereocenters. The number of benzene rings is 2. The summed E-state index contributed by atoms with van der Waals surface area (Å²) >= 11 is 0. The van der Waals surface area contributed by atoms with Crippen LogP contribution in [0, 0.1) is 20.8 Å². The average molecular weight is 420 g/mol. The smallest absolute Gasteiger partial charge is 0.307 e. The van der Waals surface area contributed by atoms with Crippen molar-refractivity contribution in [2.75, 3.05) is 38.6 Å². The lowest BCUT2D eigenvalue weighted by Crippen LogP contribution is -2.39. The Hall–Kier alpha value is -2.79. The van der Waals surface area contributed by atoms with Crippen LogP contribution in [-0.2, 0) is 11.2 Å². The molecule has 1 aliphatic heterocycles. The maximum Gasteiger partial charge on any atom is 0.307 e. The number of nitrogens with zero attached hydrogens (tertiary/aromatic N) is 3. The summed E-state index contributed by atoms with van der Waals surface area (Å²) in [6.45, 7) is 11.5. The van der Waals surface area contributed by atoms with Gasteiger partial charge in [-0.05, 0) is 70.1 Å². The van der Waals surface area contributed by atoms with Crippen LogP contribution in [0.1, 0.15) is 35.3 Å². The molecule has 2 heterocycles. The predicted octanol–water partition coefficient (Wildman–Crippen LogP) is 4.80. The molecule has 4 rings (SSSR count). The number of carboxylic acids is 1. The van der Waals surface area contributed by atoms with E-state index in [1.807, 2.05) is 0 Å². The number of aryl methyl sites for hydroxylation is 2. The first kappa shape index (κ1) is 21.4. The summed E-state index contributed by atoms with van der Waals surface area (Å²) < 4.78 is 2.45. The zero-order valence-corrected chi connectivity index (χ0v) is 19.5. The van der Waals surface area contributed by atoms with E-state index in [2.05, 4.69) is 86.5 Å². The number of carboxylic acid groups (broad SMARTS) is 1. The van der Waals surface area contributed by atoms with Crippen molar-refractivity contribution in [3.8, 4) is 11.1 Å². The molecule has 1 aromatic heterocycles. The van der Waals surface area contributed by atoms with Gasteiger partial charge in [0.2, 0.25) is 0 Å². The Kier molecular flexibility index (Phi) is 5.56. The second-order valence-electron chi connectivity index (χ2n) is 9.28. The van der Waals surface area contributed by atoms with Crippen molar-refractivity contribution in [3.05, 3.63) is 52.7 Å². The van der Waals surface area contributed by atoms with Gasteiger partial charge >= 0.3 is 5.97 Å². The molecule has 3 aromatic rings. The third-order valence-corrected chi connectivity index (χ3v) is 6.56. The van der Waals surface area contributed by atoms with Gasteiger partial charge in [-0.25, -0.2) is 0 Å². The number of likely N-dealkylation sites (N-methyl/N-ethyl adjacent to an activating group) is 1. The van der Waals surface area contributed by atoms with Crippen LogP contribution >= 0.6 is 0 Å². The molecule has 0 bridgehead atoms. The highest BCUT2D eigenvalue weighted by Crippen LogP contribution is 2.46. The summed E-state index contributed by atoms with van der Waals surface area (Å²) in [6, 6.07) is 11.1. The first-order valence-electron chi connectivity index (χ1n) is 11.0. The molecule has 0 saturated carbocycles. The molecule has 5 nitrogen and oxygen atoms in total. The molecule has 1 atom stereocenters. The third kappa shape index (κ3) is 3.72. The summed E-state index contributed by atoms with van der Waals surface area (Å²) in [5.74, 6) is -0.789. The molecule has 31 heavy (non-hydrogen) atoms. The van der Waals surface area contributed by atoms with Crippen molar-refractivity contribution < 1.29 is 9.90 Å². The van der Waals surface area contributed by atoms with Gasteiger partial charge in [0.25, 0.3) is 0 Å². The minimum Gasteiger partial charge on any atom is -0.481 e. The van der Waals surface area contributed by atoms with Crippen LogP contribution in [-0.4, -0.2) is 54.3 Å². The number of carbonyl (C=O) groups is 1. The van der Waals surface area contributed by atoms with E-state index in [0.29, 0.717) is 6.04 Å². The fourth-order valence-electron chi connectivity index (χ4n) is 5.15. The summed E-state index contributed by atoms with van der Waals surface area (Å²) in [4.78, 5) is 16.6. The van der Waals surface area contributed by atoms with Crippen molar-refractivity contribution in [1.29, 1.82) is 0 Å². The van der Waals surface area contributed by atoms with Crippen LogP contribution < -0.4 is 4.90 Å². The van der Waals surface area contributed by atoms with Gasteiger partial charge in [0.1, 0.15) is 0 Å². The van der Waals surface area contributed by atoms with Crippen LogP contribution in [0.3, 0.4) is 0 Å². The molecule has 1 N–H and O–H groups in total. The van der Waals surface area contributed by atoms with E-state index >= 15 is 0 Å². The zero-order chi connectivity index (χ0) is 22.4. The fourth-order valence-corrected chi connectivity index (χ4v) is 5.15. The van der Waals surface area contributed by atoms with E-state index in [9.17, 15) is 9.90 Å². The lowest BCUT2D eigenvalue weighted by Gasteiger charge is -2.38. The standard InChI is InChI=1S/C26H33N3O2/c1-16-7-9-20(10-8-16)24-21(14-23(30)31)19(4)25-26-22(24)13-17(2)29(26)18(3)15-28(25)12-11-27(5)6/h7-10,13,18H,11-12,14-15H2,1-6H3,(H,30,31). The van der Waals surface area contributed by atoms with Crippen molar-refractivity contribution in [2.24, 2.45) is 0 Å². The summed E-state index contributed by atoms with van der Waals surface area (Å²) in [5.41, 5.74) is 9.07. The molecule has 164 valence electrons. The van der Waals surface area contributed by atoms with Crippen molar-refractivity contribution >= 4 is 22.6 Å². The lowest BCUT2D eigenvalue weighted by molar-refractivity contribution is -0.136. The highest BCUT2D eigenvalue weighted by Gasteiger charge is 2.31. The Morgan fingerprint density at radius 1 is 1.16 bits per heavy atom. The molecule has 0 spiro atoms. The average Bonchev–Trinajstić information content (AvgIpc) is 3.03. The van der Waals surface area contributed by atoms with Gasteiger partial charge in [-0.2, -0.15) is 0 Å². The lowest BCUT2D eigenvalue weighted by atomic mass is 9.88. The van der Waals surface area contributed by atoms with Gasteiger partial charge in [0, 0.05) is 36.8 Å². The Morgan fingerprint density at radius 2 is 1.84 bits per heavy atom. The van der Waals surface area contributed by atoms with Crippen LogP contribution in [0.15, 0.2) is 30.3 Å². The monoisotopic (exact) mass is 419 g/mol. The van der Waals surface area contributed by atoms with Gasteiger partial charge in [-0.1, -0.05) is 29.8 Å². The SMILES string of the molecule is Cc1ccc(-c2c(CC(=O)O)c(C)c3c4c2cc(C)n4C(C)CN3CCN(C)C)cc1. The minimum absolute atomic E-state index is 0.0271. The Balaban J connectivity index is 2.06. The highest BCUT2D eigenvalue weighted by molar-refractivity contribution is 6.07. The van der Waals surface area contributed by atoms with Gasteiger partial charge in [-0.3, -0.25) is 4.79 Å². The van der Waals surface area contributed by atoms with Crippen LogP contribution in [0.25, 0.3) is 22.0 Å². The third-order valence-electron chi connectivity index (χ3n) is 6.56. The number of rotatable bonds is 6. The van der Waals surface area contributed by atoms with Crippen molar-refractivity contribution in [1.82, 2.24) is 9.47 Å². The predicted molar refractivity (Wildman–Crippen MR) is 128 cm³/mol. The second-order valence-corrected chi connectivity index (χ2v) is 9.28. The molecule has 0 fully saturated rings. The Labute approximate surface area is 184 Å². The van der Waals surface area contributed by atoms with Crippen molar-refractivity contribution in [3.63, 3.8) is 0 Å². The minimum atomic E-state index is -0.789. The quantitative estimate of drug-likeness (QED) is 0.623. The van der Waals surface area contributed by atoms with Crippen LogP contribution in [0.2, 0.25) is 0 Å². The van der Waals surface area contributed by atoms with Gasteiger partial charge < -0.3 is 19.5 Å². The van der Waals surface area contributed by atoms with Crippen LogP contribution in [0.5, 0.6) is 0 Å². The summed E-state index contributed by atoms with van der Waals surface area (Å²) in [7, 11) is 4.19. The van der Waals surface area contributed by atoms with E-state index in [1.165, 1.54) is 27.8 Å². The maximum atomic E-state index is 11.9. The molecule has 2 aromatic carbocycles. The number of hydrogen-bond donors (Lipinski definition) is 1. The molecule has 0 amide bonds. The largest absolute Gasteiger partial charge is 0.481 e. The number of aliphatic carboxylic acids is 1. The molecule has 0 radical (unpaired) electrons. The fraction of sp³-hybridized carbons (Fsp3) is 0.423. The zero-order valence-electron chi connectivity index (χ0n) is 19.5. The molecular weight excluding hydrogens is 386 g/mol. The topological polar surface area (TPSA) is 48.7 Å². The van der Waals surface area contributed by atoms with E-state index in [1.54, 1.807) is 0 Å².